The van der Waals surface area contributed by atoms with Gasteiger partial charge < -0.3 is 30.3 Å². The summed E-state index contributed by atoms with van der Waals surface area (Å²) >= 11 is 7.86. The van der Waals surface area contributed by atoms with E-state index in [9.17, 15) is 9.59 Å². The predicted octanol–water partition coefficient (Wildman–Crippen LogP) is 5.29. The van der Waals surface area contributed by atoms with Crippen LogP contribution in [-0.2, 0) is 4.74 Å². The topological polar surface area (TPSA) is 160 Å². The van der Waals surface area contributed by atoms with Gasteiger partial charge in [-0.2, -0.15) is 0 Å². The summed E-state index contributed by atoms with van der Waals surface area (Å²) in [7, 11) is 0. The van der Waals surface area contributed by atoms with Gasteiger partial charge in [0.2, 0.25) is 5.89 Å². The molecule has 210 valence electrons. The summed E-state index contributed by atoms with van der Waals surface area (Å²) in [6.07, 6.45) is 2.47. The third kappa shape index (κ3) is 4.93. The van der Waals surface area contributed by atoms with Gasteiger partial charge in [-0.25, -0.2) is 19.7 Å². The maximum Gasteiger partial charge on any atom is 0.405 e. The van der Waals surface area contributed by atoms with E-state index in [2.05, 4.69) is 15.0 Å². The first kappa shape index (κ1) is 26.9. The van der Waals surface area contributed by atoms with E-state index in [1.807, 2.05) is 41.3 Å². The van der Waals surface area contributed by atoms with Crippen LogP contribution in [0.5, 0.6) is 5.75 Å². The van der Waals surface area contributed by atoms with Gasteiger partial charge in [0, 0.05) is 43.3 Å². The number of hydrogen-bond acceptors (Lipinski definition) is 11. The fraction of sp³-hybridized carbons (Fsp3) is 0.250. The molecule has 0 radical (unpaired) electrons. The second-order valence-corrected chi connectivity index (χ2v) is 11.1. The van der Waals surface area contributed by atoms with Crippen LogP contribution in [0.3, 0.4) is 0 Å². The molecule has 1 fully saturated rings. The Bertz CT molecular complexity index is 1640. The van der Waals surface area contributed by atoms with Crippen molar-refractivity contribution in [1.82, 2.24) is 15.0 Å². The van der Waals surface area contributed by atoms with Gasteiger partial charge in [-0.1, -0.05) is 47.6 Å². The number of ether oxygens (including phenoxy) is 2. The highest BCUT2D eigenvalue weighted by molar-refractivity contribution is 7.99. The first-order valence-corrected chi connectivity index (χ1v) is 14.0. The van der Waals surface area contributed by atoms with Gasteiger partial charge in [0.25, 0.3) is 0 Å². The maximum atomic E-state index is 12.8. The van der Waals surface area contributed by atoms with Crippen LogP contribution in [-0.4, -0.2) is 45.5 Å². The fourth-order valence-electron chi connectivity index (χ4n) is 5.27. The van der Waals surface area contributed by atoms with Gasteiger partial charge in [-0.05, 0) is 18.2 Å². The first-order chi connectivity index (χ1) is 19.8. The van der Waals surface area contributed by atoms with Crippen molar-refractivity contribution in [3.8, 4) is 17.2 Å². The van der Waals surface area contributed by atoms with Crippen molar-refractivity contribution in [2.24, 2.45) is 5.73 Å². The van der Waals surface area contributed by atoms with Crippen LogP contribution in [0.25, 0.3) is 11.5 Å². The molecule has 1 spiro atoms. The van der Waals surface area contributed by atoms with E-state index in [1.165, 1.54) is 31.1 Å². The summed E-state index contributed by atoms with van der Waals surface area (Å²) in [5.41, 5.74) is 12.6. The number of benzene rings is 2. The molecular weight excluding hydrogens is 568 g/mol. The number of fused-ring (bicyclic) bond motifs is 1. The Morgan fingerprint density at radius 3 is 2.63 bits per heavy atom. The number of nitrogens with zero attached hydrogens (tertiary/aromatic N) is 4. The first-order valence-electron chi connectivity index (χ1n) is 12.8. The molecule has 4 N–H and O–H groups in total. The molecule has 41 heavy (non-hydrogen) atoms. The standard InChI is InChI=1S/C28H25ClN6O5S/c1-15(36)21-24(34-23(30)26(33-21)41-19-8-4-6-17(20(19)29)25-32-11-14-38-25)35-12-9-28(10-13-35)22(39-27(31)37)16-5-2-3-7-18(16)40-28/h2-8,11,14,22H,9-10,12-13H2,1H3,(H2,30,34)(H2,31,37)/t22-/m1/s1. The number of piperidine rings is 1. The number of primary amides is 1. The summed E-state index contributed by atoms with van der Waals surface area (Å²) in [6.45, 7) is 2.35. The zero-order chi connectivity index (χ0) is 28.7. The van der Waals surface area contributed by atoms with E-state index in [0.717, 1.165) is 5.56 Å². The molecule has 4 heterocycles. The molecule has 0 aliphatic carbocycles. The predicted molar refractivity (Wildman–Crippen MR) is 152 cm³/mol. The highest BCUT2D eigenvalue weighted by atomic mass is 35.5. The van der Waals surface area contributed by atoms with Crippen molar-refractivity contribution < 1.29 is 23.5 Å². The van der Waals surface area contributed by atoms with Crippen LogP contribution in [0.1, 0.15) is 41.9 Å². The number of anilines is 2. The summed E-state index contributed by atoms with van der Waals surface area (Å²) in [5, 5.41) is 0.768. The van der Waals surface area contributed by atoms with E-state index < -0.39 is 17.8 Å². The van der Waals surface area contributed by atoms with Crippen LogP contribution < -0.4 is 21.1 Å². The molecule has 0 unspecified atom stereocenters. The molecule has 2 aliphatic heterocycles. The summed E-state index contributed by atoms with van der Waals surface area (Å²) in [6, 6.07) is 12.9. The summed E-state index contributed by atoms with van der Waals surface area (Å²) in [4.78, 5) is 40.5. The Kier molecular flexibility index (Phi) is 6.96. The van der Waals surface area contributed by atoms with E-state index in [1.54, 1.807) is 6.07 Å². The number of amides is 1. The molecule has 6 rings (SSSR count). The number of oxazole rings is 1. The molecule has 13 heteroatoms. The van der Waals surface area contributed by atoms with Crippen molar-refractivity contribution in [1.29, 1.82) is 0 Å². The van der Waals surface area contributed by atoms with Crippen LogP contribution in [0.15, 0.2) is 69.3 Å². The number of Topliss-reactive ketones (excluding diaryl/α,β-unsaturated/α-hetero) is 1. The molecule has 1 amide bonds. The Morgan fingerprint density at radius 2 is 1.93 bits per heavy atom. The van der Waals surface area contributed by atoms with Crippen molar-refractivity contribution >= 4 is 46.9 Å². The second-order valence-electron chi connectivity index (χ2n) is 9.71. The average Bonchev–Trinajstić information content (AvgIpc) is 3.58. The average molecular weight is 593 g/mol. The summed E-state index contributed by atoms with van der Waals surface area (Å²) in [5.74, 6) is 1.34. The minimum atomic E-state index is -0.867. The number of carbonyl (C=O) groups excluding carboxylic acids is 2. The van der Waals surface area contributed by atoms with Crippen LogP contribution in [0.4, 0.5) is 16.4 Å². The quantitative estimate of drug-likeness (QED) is 0.280. The highest BCUT2D eigenvalue weighted by Gasteiger charge is 2.52. The van der Waals surface area contributed by atoms with Gasteiger partial charge in [0.05, 0.1) is 16.8 Å². The normalized spacial score (nSPS) is 17.2. The lowest BCUT2D eigenvalue weighted by Gasteiger charge is -2.41. The molecular formula is C28H25ClN6O5S. The van der Waals surface area contributed by atoms with E-state index in [0.29, 0.717) is 63.9 Å². The van der Waals surface area contributed by atoms with E-state index in [4.69, 9.17) is 37.0 Å². The fourth-order valence-corrected chi connectivity index (χ4v) is 6.43. The molecule has 0 bridgehead atoms. The van der Waals surface area contributed by atoms with Crippen LogP contribution in [0.2, 0.25) is 5.02 Å². The third-order valence-electron chi connectivity index (χ3n) is 7.17. The zero-order valence-electron chi connectivity index (χ0n) is 21.9. The van der Waals surface area contributed by atoms with Crippen molar-refractivity contribution in [2.45, 2.75) is 41.4 Å². The Labute approximate surface area is 244 Å². The molecule has 4 aromatic rings. The zero-order valence-corrected chi connectivity index (χ0v) is 23.4. The van der Waals surface area contributed by atoms with Crippen LogP contribution in [0, 0.1) is 0 Å². The monoisotopic (exact) mass is 592 g/mol. The number of nitrogen functional groups attached to an aromatic ring is 1. The number of para-hydroxylation sites is 1. The van der Waals surface area contributed by atoms with Crippen molar-refractivity contribution in [3.63, 3.8) is 0 Å². The molecule has 2 aromatic heterocycles. The summed E-state index contributed by atoms with van der Waals surface area (Å²) < 4.78 is 17.3. The highest BCUT2D eigenvalue weighted by Crippen LogP contribution is 2.50. The van der Waals surface area contributed by atoms with E-state index in [-0.39, 0.29) is 17.3 Å². The maximum absolute atomic E-state index is 12.8. The lowest BCUT2D eigenvalue weighted by Crippen LogP contribution is -2.51. The van der Waals surface area contributed by atoms with Gasteiger partial charge in [0.15, 0.2) is 29.1 Å². The number of carbonyl (C=O) groups is 2. The number of ketones is 1. The lowest BCUT2D eigenvalue weighted by molar-refractivity contribution is -0.0499. The number of aromatic nitrogens is 3. The van der Waals surface area contributed by atoms with Gasteiger partial charge >= 0.3 is 6.09 Å². The second kappa shape index (κ2) is 10.6. The molecule has 1 saturated heterocycles. The number of rotatable bonds is 6. The lowest BCUT2D eigenvalue weighted by atomic mass is 9.84. The number of nitrogens with two attached hydrogens (primary N) is 2. The third-order valence-corrected chi connectivity index (χ3v) is 8.75. The smallest absolute Gasteiger partial charge is 0.405 e. The number of halogens is 1. The Balaban J connectivity index is 1.26. The minimum Gasteiger partial charge on any atom is -0.482 e. The molecule has 2 aromatic carbocycles. The van der Waals surface area contributed by atoms with Crippen molar-refractivity contribution in [2.75, 3.05) is 23.7 Å². The minimum absolute atomic E-state index is 0.160. The molecule has 11 nitrogen and oxygen atoms in total. The molecule has 2 aliphatic rings. The molecule has 0 saturated carbocycles. The van der Waals surface area contributed by atoms with Crippen LogP contribution >= 0.6 is 23.4 Å². The SMILES string of the molecule is CC(=O)c1nc(Sc2cccc(-c3ncco3)c2Cl)c(N)nc1N1CCC2(CC1)Oc1ccccc1[C@H]2OC(N)=O. The Morgan fingerprint density at radius 1 is 1.15 bits per heavy atom. The van der Waals surface area contributed by atoms with Gasteiger partial charge in [-0.3, -0.25) is 4.79 Å². The molecule has 1 atom stereocenters. The Hall–Kier alpha value is -4.29. The van der Waals surface area contributed by atoms with E-state index >= 15 is 0 Å². The van der Waals surface area contributed by atoms with Gasteiger partial charge in [0.1, 0.15) is 22.7 Å². The van der Waals surface area contributed by atoms with Gasteiger partial charge in [-0.15, -0.1) is 0 Å². The number of hydrogen-bond donors (Lipinski definition) is 2. The largest absolute Gasteiger partial charge is 0.482 e. The van der Waals surface area contributed by atoms with Crippen molar-refractivity contribution in [3.05, 3.63) is 71.2 Å².